The molecule has 1 N–H and O–H groups in total. The average molecular weight is 434 g/mol. The predicted octanol–water partition coefficient (Wildman–Crippen LogP) is 3.42. The van der Waals surface area contributed by atoms with E-state index in [1.54, 1.807) is 24.3 Å². The normalized spacial score (nSPS) is 10.9. The summed E-state index contributed by atoms with van der Waals surface area (Å²) in [5.41, 5.74) is 3.86. The largest absolute Gasteiger partial charge is 0.351 e. The third-order valence-electron chi connectivity index (χ3n) is 4.53. The molecule has 0 spiro atoms. The van der Waals surface area contributed by atoms with Crippen LogP contribution < -0.4 is 5.32 Å². The SMILES string of the molecule is Cc1ccc(CNC(=O)CSc2nnc3ccc(-c4cccc([N+](=O)[O-])c4)nn23)cc1. The third-order valence-corrected chi connectivity index (χ3v) is 5.45. The lowest BCUT2D eigenvalue weighted by atomic mass is 10.1. The van der Waals surface area contributed by atoms with E-state index in [0.717, 1.165) is 5.56 Å². The molecule has 2 heterocycles. The number of fused-ring (bicyclic) bond motifs is 1. The van der Waals surface area contributed by atoms with Gasteiger partial charge in [0.2, 0.25) is 11.1 Å². The molecular formula is C21H18N6O3S. The first kappa shape index (κ1) is 20.5. The number of carbonyl (C=O) groups excluding carboxylic acids is 1. The van der Waals surface area contributed by atoms with Gasteiger partial charge in [0.25, 0.3) is 5.69 Å². The van der Waals surface area contributed by atoms with Crippen LogP contribution in [0.3, 0.4) is 0 Å². The predicted molar refractivity (Wildman–Crippen MR) is 117 cm³/mol. The smallest absolute Gasteiger partial charge is 0.270 e. The number of carbonyl (C=O) groups is 1. The summed E-state index contributed by atoms with van der Waals surface area (Å²) in [5, 5.41) is 27.1. The molecule has 0 atom stereocenters. The molecule has 0 aliphatic heterocycles. The van der Waals surface area contributed by atoms with Crippen molar-refractivity contribution < 1.29 is 9.72 Å². The van der Waals surface area contributed by atoms with Crippen LogP contribution in [0.2, 0.25) is 0 Å². The van der Waals surface area contributed by atoms with Crippen LogP contribution in [-0.4, -0.2) is 36.4 Å². The van der Waals surface area contributed by atoms with Gasteiger partial charge in [-0.15, -0.1) is 10.2 Å². The zero-order valence-electron chi connectivity index (χ0n) is 16.6. The van der Waals surface area contributed by atoms with Gasteiger partial charge in [-0.05, 0) is 24.6 Å². The van der Waals surface area contributed by atoms with E-state index in [-0.39, 0.29) is 17.3 Å². The Morgan fingerprint density at radius 3 is 2.71 bits per heavy atom. The molecule has 1 amide bonds. The summed E-state index contributed by atoms with van der Waals surface area (Å²) in [6, 6.07) is 17.7. The highest BCUT2D eigenvalue weighted by Gasteiger charge is 2.13. The van der Waals surface area contributed by atoms with Gasteiger partial charge < -0.3 is 5.32 Å². The maximum absolute atomic E-state index is 12.2. The number of thioether (sulfide) groups is 1. The highest BCUT2D eigenvalue weighted by Crippen LogP contribution is 2.23. The number of aryl methyl sites for hydroxylation is 1. The number of hydrogen-bond acceptors (Lipinski definition) is 7. The van der Waals surface area contributed by atoms with Gasteiger partial charge in [0, 0.05) is 24.2 Å². The van der Waals surface area contributed by atoms with Crippen molar-refractivity contribution in [2.45, 2.75) is 18.6 Å². The molecule has 31 heavy (non-hydrogen) atoms. The van der Waals surface area contributed by atoms with Crippen LogP contribution in [0.25, 0.3) is 16.9 Å². The lowest BCUT2D eigenvalue weighted by molar-refractivity contribution is -0.384. The van der Waals surface area contributed by atoms with Crippen LogP contribution in [-0.2, 0) is 11.3 Å². The molecule has 0 aliphatic carbocycles. The maximum Gasteiger partial charge on any atom is 0.270 e. The third kappa shape index (κ3) is 4.86. The average Bonchev–Trinajstić information content (AvgIpc) is 3.19. The van der Waals surface area contributed by atoms with Crippen LogP contribution in [0.5, 0.6) is 0 Å². The fraction of sp³-hybridized carbons (Fsp3) is 0.143. The van der Waals surface area contributed by atoms with Crippen LogP contribution >= 0.6 is 11.8 Å². The first-order valence-corrected chi connectivity index (χ1v) is 10.4. The molecule has 10 heteroatoms. The molecule has 0 bridgehead atoms. The molecule has 9 nitrogen and oxygen atoms in total. The fourth-order valence-electron chi connectivity index (χ4n) is 2.88. The van der Waals surface area contributed by atoms with Crippen molar-refractivity contribution in [2.75, 3.05) is 5.75 Å². The maximum atomic E-state index is 12.2. The molecule has 4 aromatic rings. The first-order valence-electron chi connectivity index (χ1n) is 9.42. The number of hydrogen-bond donors (Lipinski definition) is 1. The van der Waals surface area contributed by atoms with Crippen molar-refractivity contribution in [2.24, 2.45) is 0 Å². The van der Waals surface area contributed by atoms with Crippen LogP contribution in [0.1, 0.15) is 11.1 Å². The summed E-state index contributed by atoms with van der Waals surface area (Å²) >= 11 is 1.22. The Morgan fingerprint density at radius 2 is 1.94 bits per heavy atom. The van der Waals surface area contributed by atoms with Gasteiger partial charge >= 0.3 is 0 Å². The molecular weight excluding hydrogens is 416 g/mol. The van der Waals surface area contributed by atoms with E-state index in [4.69, 9.17) is 0 Å². The molecule has 2 aromatic carbocycles. The highest BCUT2D eigenvalue weighted by molar-refractivity contribution is 7.99. The summed E-state index contributed by atoms with van der Waals surface area (Å²) in [5.74, 6) is 0.0344. The zero-order valence-corrected chi connectivity index (χ0v) is 17.4. The van der Waals surface area contributed by atoms with Gasteiger partial charge in [-0.1, -0.05) is 53.7 Å². The number of amides is 1. The number of nitro benzene ring substituents is 1. The Labute approximate surface area is 181 Å². The van der Waals surface area contributed by atoms with Crippen LogP contribution in [0.4, 0.5) is 5.69 Å². The van der Waals surface area contributed by atoms with E-state index in [9.17, 15) is 14.9 Å². The number of non-ortho nitro benzene ring substituents is 1. The molecule has 156 valence electrons. The van der Waals surface area contributed by atoms with Gasteiger partial charge in [-0.3, -0.25) is 14.9 Å². The van der Waals surface area contributed by atoms with Gasteiger partial charge in [-0.25, -0.2) is 0 Å². The summed E-state index contributed by atoms with van der Waals surface area (Å²) in [6.07, 6.45) is 0. The lowest BCUT2D eigenvalue weighted by Crippen LogP contribution is -2.24. The second-order valence-electron chi connectivity index (χ2n) is 6.83. The molecule has 0 aliphatic rings. The van der Waals surface area contributed by atoms with Gasteiger partial charge in [-0.2, -0.15) is 9.61 Å². The lowest BCUT2D eigenvalue weighted by Gasteiger charge is -2.06. The number of nitro groups is 1. The zero-order chi connectivity index (χ0) is 21.8. The fourth-order valence-corrected chi connectivity index (χ4v) is 3.60. The highest BCUT2D eigenvalue weighted by atomic mass is 32.2. The van der Waals surface area contributed by atoms with E-state index in [1.807, 2.05) is 31.2 Å². The van der Waals surface area contributed by atoms with Gasteiger partial charge in [0.15, 0.2) is 5.65 Å². The quantitative estimate of drug-likeness (QED) is 0.269. The number of benzene rings is 2. The van der Waals surface area contributed by atoms with Crippen molar-refractivity contribution in [3.8, 4) is 11.3 Å². The second-order valence-corrected chi connectivity index (χ2v) is 7.77. The van der Waals surface area contributed by atoms with Crippen LogP contribution in [0, 0.1) is 17.0 Å². The first-order chi connectivity index (χ1) is 15.0. The standard InChI is InChI=1S/C21H18N6O3S/c1-14-5-7-15(8-6-14)12-22-20(28)13-31-21-24-23-19-10-9-18(25-26(19)21)16-3-2-4-17(11-16)27(29)30/h2-11H,12-13H2,1H3,(H,22,28). The Morgan fingerprint density at radius 1 is 1.13 bits per heavy atom. The number of nitrogens with one attached hydrogen (secondary N) is 1. The summed E-state index contributed by atoms with van der Waals surface area (Å²) in [4.78, 5) is 22.8. The summed E-state index contributed by atoms with van der Waals surface area (Å²) in [6.45, 7) is 2.47. The molecule has 0 saturated heterocycles. The van der Waals surface area contributed by atoms with Crippen molar-refractivity contribution in [1.82, 2.24) is 25.1 Å². The molecule has 2 aromatic heterocycles. The molecule has 4 rings (SSSR count). The molecule has 0 radical (unpaired) electrons. The summed E-state index contributed by atoms with van der Waals surface area (Å²) < 4.78 is 1.53. The number of aromatic nitrogens is 4. The number of rotatable bonds is 7. The Kier molecular flexibility index (Phi) is 5.89. The Bertz CT molecular complexity index is 1260. The minimum absolute atomic E-state index is 0.0111. The second kappa shape index (κ2) is 8.92. The number of nitrogens with zero attached hydrogens (tertiary/aromatic N) is 5. The van der Waals surface area contributed by atoms with Crippen LogP contribution in [0.15, 0.2) is 65.8 Å². The van der Waals surface area contributed by atoms with E-state index >= 15 is 0 Å². The molecule has 0 saturated carbocycles. The topological polar surface area (TPSA) is 115 Å². The monoisotopic (exact) mass is 434 g/mol. The van der Waals surface area contributed by atoms with Crippen molar-refractivity contribution in [1.29, 1.82) is 0 Å². The van der Waals surface area contributed by atoms with Crippen molar-refractivity contribution in [3.05, 3.63) is 81.9 Å². The van der Waals surface area contributed by atoms with Gasteiger partial charge in [0.05, 0.1) is 16.4 Å². The minimum atomic E-state index is -0.447. The summed E-state index contributed by atoms with van der Waals surface area (Å²) in [7, 11) is 0. The van der Waals surface area contributed by atoms with E-state index in [0.29, 0.717) is 28.6 Å². The minimum Gasteiger partial charge on any atom is -0.351 e. The van der Waals surface area contributed by atoms with Gasteiger partial charge in [0.1, 0.15) is 0 Å². The Hall–Kier alpha value is -3.79. The van der Waals surface area contributed by atoms with Crippen molar-refractivity contribution >= 4 is 29.0 Å². The van der Waals surface area contributed by atoms with Crippen molar-refractivity contribution in [3.63, 3.8) is 0 Å². The molecule has 0 unspecified atom stereocenters. The van der Waals surface area contributed by atoms with E-state index in [2.05, 4.69) is 20.6 Å². The van der Waals surface area contributed by atoms with E-state index in [1.165, 1.54) is 34.0 Å². The van der Waals surface area contributed by atoms with E-state index < -0.39 is 4.92 Å². The Balaban J connectivity index is 1.45. The molecule has 0 fully saturated rings.